The smallest absolute Gasteiger partial charge is 0.212 e. The van der Waals surface area contributed by atoms with Gasteiger partial charge in [0.1, 0.15) is 5.69 Å². The number of aromatic nitrogens is 2. The van der Waals surface area contributed by atoms with Crippen molar-refractivity contribution in [2.75, 3.05) is 10.6 Å². The Bertz CT molecular complexity index is 427. The lowest BCUT2D eigenvalue weighted by Gasteiger charge is -2.00. The molecule has 2 N–H and O–H groups in total. The van der Waals surface area contributed by atoms with Crippen molar-refractivity contribution >= 4 is 33.9 Å². The standard InChI is InChI=1S/C12H25Br.C6H7N3O2.2C2H6/c1-2-3-4-5-6-7-8-9-10-11-12-13;1-4(11)5-6(9-3-10)8-2-7-5;2*1-2/h2-12H2,1H3;2-3H,1H3,(H,7,8)(H,9,10);2*1-2H3. The average molecular weight is 463 g/mol. The summed E-state index contributed by atoms with van der Waals surface area (Å²) in [6, 6.07) is 0. The van der Waals surface area contributed by atoms with Crippen molar-refractivity contribution in [1.82, 2.24) is 9.97 Å². The van der Waals surface area contributed by atoms with Gasteiger partial charge in [-0.05, 0) is 6.42 Å². The normalized spacial score (nSPS) is 8.96. The molecule has 1 rings (SSSR count). The predicted molar refractivity (Wildman–Crippen MR) is 127 cm³/mol. The Morgan fingerprint density at radius 3 is 1.86 bits per heavy atom. The Balaban J connectivity index is -0.000000381. The van der Waals surface area contributed by atoms with E-state index in [0.29, 0.717) is 12.1 Å². The van der Waals surface area contributed by atoms with Crippen LogP contribution in [0.15, 0.2) is 6.33 Å². The minimum atomic E-state index is -0.160. The van der Waals surface area contributed by atoms with E-state index in [0.717, 1.165) is 0 Å². The number of amides is 1. The van der Waals surface area contributed by atoms with Gasteiger partial charge in [0.2, 0.25) is 6.41 Å². The molecule has 0 fully saturated rings. The number of halogens is 1. The number of H-pyrrole nitrogens is 1. The summed E-state index contributed by atoms with van der Waals surface area (Å²) >= 11 is 3.46. The predicted octanol–water partition coefficient (Wildman–Crippen LogP) is 7.54. The topological polar surface area (TPSA) is 74.8 Å². The third kappa shape index (κ3) is 21.1. The molecule has 1 heterocycles. The van der Waals surface area contributed by atoms with Gasteiger partial charge in [0, 0.05) is 12.3 Å². The van der Waals surface area contributed by atoms with Crippen molar-refractivity contribution in [3.63, 3.8) is 0 Å². The van der Waals surface area contributed by atoms with Gasteiger partial charge in [0.15, 0.2) is 11.6 Å². The third-order valence-corrected chi connectivity index (χ3v) is 4.23. The lowest BCUT2D eigenvalue weighted by Crippen LogP contribution is -2.01. The van der Waals surface area contributed by atoms with Crippen LogP contribution in [0.1, 0.15) is 116 Å². The molecule has 0 spiro atoms. The minimum absolute atomic E-state index is 0.160. The molecule has 0 aliphatic carbocycles. The first-order valence-corrected chi connectivity index (χ1v) is 12.1. The number of aromatic amines is 1. The second kappa shape index (κ2) is 28.0. The fourth-order valence-electron chi connectivity index (χ4n) is 2.31. The average Bonchev–Trinajstić information content (AvgIpc) is 3.19. The second-order valence-electron chi connectivity index (χ2n) is 5.82. The van der Waals surface area contributed by atoms with Crippen LogP contribution in [0.25, 0.3) is 0 Å². The summed E-state index contributed by atoms with van der Waals surface area (Å²) in [6.45, 7) is 11.7. The molecule has 0 radical (unpaired) electrons. The maximum atomic E-state index is 10.8. The van der Waals surface area contributed by atoms with Crippen molar-refractivity contribution in [3.8, 4) is 0 Å². The summed E-state index contributed by atoms with van der Waals surface area (Å²) in [4.78, 5) is 27.1. The Labute approximate surface area is 182 Å². The van der Waals surface area contributed by atoms with E-state index in [1.807, 2.05) is 27.7 Å². The van der Waals surface area contributed by atoms with E-state index in [1.165, 1.54) is 82.8 Å². The summed E-state index contributed by atoms with van der Waals surface area (Å²) in [7, 11) is 0. The molecule has 166 valence electrons. The zero-order valence-electron chi connectivity index (χ0n) is 19.1. The number of alkyl halides is 1. The van der Waals surface area contributed by atoms with E-state index in [1.54, 1.807) is 0 Å². The minimum Gasteiger partial charge on any atom is -0.340 e. The molecule has 1 amide bonds. The van der Waals surface area contributed by atoms with E-state index in [4.69, 9.17) is 0 Å². The Kier molecular flexibility index (Phi) is 31.6. The first-order valence-electron chi connectivity index (χ1n) is 11.0. The molecular formula is C22H44BrN3O2. The van der Waals surface area contributed by atoms with Gasteiger partial charge in [-0.2, -0.15) is 0 Å². The highest BCUT2D eigenvalue weighted by Gasteiger charge is 2.07. The lowest BCUT2D eigenvalue weighted by atomic mass is 10.1. The van der Waals surface area contributed by atoms with Crippen molar-refractivity contribution in [1.29, 1.82) is 0 Å². The summed E-state index contributed by atoms with van der Waals surface area (Å²) in [5, 5.41) is 3.48. The Hall–Kier alpha value is -1.17. The van der Waals surface area contributed by atoms with Gasteiger partial charge >= 0.3 is 0 Å². The van der Waals surface area contributed by atoms with Crippen LogP contribution in [-0.4, -0.2) is 27.5 Å². The largest absolute Gasteiger partial charge is 0.340 e. The van der Waals surface area contributed by atoms with Crippen LogP contribution in [0.4, 0.5) is 5.82 Å². The number of nitrogens with zero attached hydrogens (tertiary/aromatic N) is 1. The fourth-order valence-corrected chi connectivity index (χ4v) is 2.71. The van der Waals surface area contributed by atoms with Crippen LogP contribution >= 0.6 is 15.9 Å². The number of hydrogen-bond acceptors (Lipinski definition) is 3. The van der Waals surface area contributed by atoms with Crippen LogP contribution in [0, 0.1) is 0 Å². The van der Waals surface area contributed by atoms with Gasteiger partial charge in [0.25, 0.3) is 0 Å². The summed E-state index contributed by atoms with van der Waals surface area (Å²) in [5.74, 6) is 0.111. The van der Waals surface area contributed by atoms with E-state index >= 15 is 0 Å². The number of Topliss-reactive ketones (excluding diaryl/α,β-unsaturated/α-hetero) is 1. The summed E-state index contributed by atoms with van der Waals surface area (Å²) in [6.07, 6.45) is 16.2. The van der Waals surface area contributed by atoms with Crippen LogP contribution in [0.3, 0.4) is 0 Å². The van der Waals surface area contributed by atoms with Gasteiger partial charge in [0.05, 0.1) is 6.33 Å². The third-order valence-electron chi connectivity index (χ3n) is 3.67. The van der Waals surface area contributed by atoms with Crippen molar-refractivity contribution in [2.24, 2.45) is 0 Å². The number of anilines is 1. The SMILES string of the molecule is CC.CC.CC(=O)c1[nH]cnc1NC=O.CCCCCCCCCCCCBr. The quantitative estimate of drug-likeness (QED) is 0.138. The molecule has 6 heteroatoms. The Morgan fingerprint density at radius 2 is 1.46 bits per heavy atom. The number of carbonyl (C=O) groups excluding carboxylic acids is 2. The van der Waals surface area contributed by atoms with Gasteiger partial charge in [-0.1, -0.05) is 108 Å². The van der Waals surface area contributed by atoms with E-state index in [2.05, 4.69) is 38.1 Å². The number of rotatable bonds is 13. The molecule has 0 aliphatic heterocycles. The zero-order chi connectivity index (χ0) is 22.0. The van der Waals surface area contributed by atoms with Crippen LogP contribution in [0.2, 0.25) is 0 Å². The lowest BCUT2D eigenvalue weighted by molar-refractivity contribution is -0.105. The monoisotopic (exact) mass is 461 g/mol. The number of nitrogens with one attached hydrogen (secondary N) is 2. The molecule has 0 aromatic carbocycles. The molecule has 0 aliphatic rings. The molecule has 0 atom stereocenters. The molecule has 1 aromatic heterocycles. The van der Waals surface area contributed by atoms with Crippen molar-refractivity contribution < 1.29 is 9.59 Å². The van der Waals surface area contributed by atoms with E-state index in [9.17, 15) is 9.59 Å². The zero-order valence-corrected chi connectivity index (χ0v) is 20.7. The van der Waals surface area contributed by atoms with Crippen LogP contribution < -0.4 is 5.32 Å². The molecule has 1 aromatic rings. The van der Waals surface area contributed by atoms with Crippen molar-refractivity contribution in [3.05, 3.63) is 12.0 Å². The van der Waals surface area contributed by atoms with Gasteiger partial charge < -0.3 is 10.3 Å². The molecule has 5 nitrogen and oxygen atoms in total. The molecule has 0 bridgehead atoms. The number of imidazole rings is 1. The molecule has 0 unspecified atom stereocenters. The number of carbonyl (C=O) groups is 2. The molecule has 28 heavy (non-hydrogen) atoms. The molecule has 0 saturated heterocycles. The Morgan fingerprint density at radius 1 is 1.00 bits per heavy atom. The molecular weight excluding hydrogens is 418 g/mol. The second-order valence-corrected chi connectivity index (χ2v) is 6.61. The number of hydrogen-bond donors (Lipinski definition) is 2. The first kappa shape index (κ1) is 31.5. The number of unbranched alkanes of at least 4 members (excludes halogenated alkanes) is 9. The van der Waals surface area contributed by atoms with Gasteiger partial charge in [-0.3, -0.25) is 9.59 Å². The van der Waals surface area contributed by atoms with E-state index in [-0.39, 0.29) is 11.6 Å². The van der Waals surface area contributed by atoms with Crippen LogP contribution in [0.5, 0.6) is 0 Å². The highest BCUT2D eigenvalue weighted by atomic mass is 79.9. The van der Waals surface area contributed by atoms with Crippen LogP contribution in [-0.2, 0) is 4.79 Å². The van der Waals surface area contributed by atoms with Crippen molar-refractivity contribution in [2.45, 2.75) is 106 Å². The summed E-state index contributed by atoms with van der Waals surface area (Å²) in [5.41, 5.74) is 0.317. The fraction of sp³-hybridized carbons (Fsp3) is 0.773. The maximum absolute atomic E-state index is 10.8. The molecule has 0 saturated carbocycles. The first-order chi connectivity index (χ1) is 13.7. The van der Waals surface area contributed by atoms with Gasteiger partial charge in [-0.25, -0.2) is 4.98 Å². The highest BCUT2D eigenvalue weighted by molar-refractivity contribution is 9.09. The summed E-state index contributed by atoms with van der Waals surface area (Å²) < 4.78 is 0. The van der Waals surface area contributed by atoms with Gasteiger partial charge in [-0.15, -0.1) is 0 Å². The van der Waals surface area contributed by atoms with E-state index < -0.39 is 0 Å². The number of ketones is 1. The highest BCUT2D eigenvalue weighted by Crippen LogP contribution is 2.10. The maximum Gasteiger partial charge on any atom is 0.212 e.